The van der Waals surface area contributed by atoms with Crippen LogP contribution in [0.1, 0.15) is 32.6 Å². The van der Waals surface area contributed by atoms with Crippen molar-refractivity contribution in [3.8, 4) is 0 Å². The van der Waals surface area contributed by atoms with Crippen molar-refractivity contribution in [2.75, 3.05) is 33.8 Å². The lowest BCUT2D eigenvalue weighted by Crippen LogP contribution is -2.67. The van der Waals surface area contributed by atoms with Crippen LogP contribution in [0.2, 0.25) is 0 Å². The number of nitrogens with zero attached hydrogens (tertiary/aromatic N) is 1. The predicted octanol–water partition coefficient (Wildman–Crippen LogP) is 0.846. The Bertz CT molecular complexity index is 267. The average molecular weight is 256 g/mol. The SMILES string of the molecule is CCOC1CC(NCC(O)CN(C)C)C12CCC2. The zero-order chi connectivity index (χ0) is 13.2. The first-order valence-electron chi connectivity index (χ1n) is 7.26. The Hall–Kier alpha value is -0.160. The number of hydrogen-bond donors (Lipinski definition) is 2. The quantitative estimate of drug-likeness (QED) is 0.709. The van der Waals surface area contributed by atoms with Crippen LogP contribution in [-0.4, -0.2) is 62.0 Å². The molecule has 2 N–H and O–H groups in total. The Labute approximate surface area is 111 Å². The highest BCUT2D eigenvalue weighted by Crippen LogP contribution is 2.57. The molecule has 0 aromatic rings. The second-order valence-electron chi connectivity index (χ2n) is 6.14. The third kappa shape index (κ3) is 2.72. The zero-order valence-electron chi connectivity index (χ0n) is 12.0. The number of aliphatic hydroxyl groups excluding tert-OH is 1. The second kappa shape index (κ2) is 5.87. The van der Waals surface area contributed by atoms with Crippen LogP contribution in [0.4, 0.5) is 0 Å². The van der Waals surface area contributed by atoms with Gasteiger partial charge in [-0.3, -0.25) is 0 Å². The molecule has 0 bridgehead atoms. The molecule has 2 aliphatic carbocycles. The van der Waals surface area contributed by atoms with Gasteiger partial charge in [0.2, 0.25) is 0 Å². The van der Waals surface area contributed by atoms with Gasteiger partial charge in [0.25, 0.3) is 0 Å². The van der Waals surface area contributed by atoms with Crippen LogP contribution >= 0.6 is 0 Å². The van der Waals surface area contributed by atoms with E-state index >= 15 is 0 Å². The fourth-order valence-electron chi connectivity index (χ4n) is 3.49. The van der Waals surface area contributed by atoms with Gasteiger partial charge in [-0.25, -0.2) is 0 Å². The van der Waals surface area contributed by atoms with Gasteiger partial charge in [-0.05, 0) is 40.3 Å². The third-order valence-electron chi connectivity index (χ3n) is 4.61. The van der Waals surface area contributed by atoms with Crippen molar-refractivity contribution in [1.82, 2.24) is 10.2 Å². The summed E-state index contributed by atoms with van der Waals surface area (Å²) in [6.45, 7) is 4.32. The van der Waals surface area contributed by atoms with E-state index in [1.165, 1.54) is 19.3 Å². The van der Waals surface area contributed by atoms with E-state index < -0.39 is 0 Å². The minimum Gasteiger partial charge on any atom is -0.390 e. The van der Waals surface area contributed by atoms with Crippen molar-refractivity contribution in [2.45, 2.75) is 50.9 Å². The third-order valence-corrected chi connectivity index (χ3v) is 4.61. The van der Waals surface area contributed by atoms with Gasteiger partial charge in [0.1, 0.15) is 0 Å². The van der Waals surface area contributed by atoms with E-state index in [1.54, 1.807) is 0 Å². The first-order valence-corrected chi connectivity index (χ1v) is 7.26. The van der Waals surface area contributed by atoms with Crippen molar-refractivity contribution in [2.24, 2.45) is 5.41 Å². The van der Waals surface area contributed by atoms with E-state index in [0.29, 0.717) is 24.1 Å². The Balaban J connectivity index is 1.74. The fourth-order valence-corrected chi connectivity index (χ4v) is 3.49. The number of aliphatic hydroxyl groups is 1. The summed E-state index contributed by atoms with van der Waals surface area (Å²) < 4.78 is 5.83. The Morgan fingerprint density at radius 1 is 1.44 bits per heavy atom. The van der Waals surface area contributed by atoms with E-state index in [9.17, 15) is 5.11 Å². The molecule has 4 heteroatoms. The van der Waals surface area contributed by atoms with E-state index in [0.717, 1.165) is 19.6 Å². The summed E-state index contributed by atoms with van der Waals surface area (Å²) >= 11 is 0. The Kier molecular flexibility index (Phi) is 4.64. The summed E-state index contributed by atoms with van der Waals surface area (Å²) in [5.41, 5.74) is 0.397. The van der Waals surface area contributed by atoms with Gasteiger partial charge in [0, 0.05) is 31.2 Å². The van der Waals surface area contributed by atoms with Crippen LogP contribution in [0.25, 0.3) is 0 Å². The van der Waals surface area contributed by atoms with Crippen LogP contribution in [0, 0.1) is 5.41 Å². The maximum Gasteiger partial charge on any atom is 0.0791 e. The number of nitrogens with one attached hydrogen (secondary N) is 1. The molecule has 2 saturated carbocycles. The average Bonchev–Trinajstić information content (AvgIpc) is 2.18. The molecule has 3 atom stereocenters. The molecule has 0 aromatic heterocycles. The topological polar surface area (TPSA) is 44.7 Å². The molecule has 2 rings (SSSR count). The van der Waals surface area contributed by atoms with E-state index in [-0.39, 0.29) is 6.10 Å². The van der Waals surface area contributed by atoms with Crippen molar-refractivity contribution in [3.05, 3.63) is 0 Å². The lowest BCUT2D eigenvalue weighted by molar-refractivity contribution is -0.173. The standard InChI is InChI=1S/C14H28N2O2/c1-4-18-13-8-12(14(13)6-5-7-14)15-9-11(17)10-16(2)3/h11-13,15,17H,4-10H2,1-3H3. The molecule has 106 valence electrons. The van der Waals surface area contributed by atoms with Gasteiger partial charge in [-0.1, -0.05) is 6.42 Å². The lowest BCUT2D eigenvalue weighted by Gasteiger charge is -2.61. The van der Waals surface area contributed by atoms with Gasteiger partial charge < -0.3 is 20.1 Å². The minimum absolute atomic E-state index is 0.275. The van der Waals surface area contributed by atoms with Crippen LogP contribution in [0.5, 0.6) is 0 Å². The molecule has 0 aliphatic heterocycles. The predicted molar refractivity (Wildman–Crippen MR) is 72.7 cm³/mol. The molecule has 3 unspecified atom stereocenters. The fraction of sp³-hybridized carbons (Fsp3) is 1.00. The molecular formula is C14H28N2O2. The van der Waals surface area contributed by atoms with Crippen LogP contribution < -0.4 is 5.32 Å². The molecule has 0 aromatic carbocycles. The largest absolute Gasteiger partial charge is 0.390 e. The zero-order valence-corrected chi connectivity index (χ0v) is 12.0. The lowest BCUT2D eigenvalue weighted by atomic mass is 9.51. The van der Waals surface area contributed by atoms with Crippen molar-refractivity contribution in [3.63, 3.8) is 0 Å². The summed E-state index contributed by atoms with van der Waals surface area (Å²) in [4.78, 5) is 2.02. The first kappa shape index (κ1) is 14.3. The summed E-state index contributed by atoms with van der Waals surface area (Å²) in [6.07, 6.45) is 5.21. The van der Waals surface area contributed by atoms with Crippen LogP contribution in [0.3, 0.4) is 0 Å². The highest BCUT2D eigenvalue weighted by atomic mass is 16.5. The number of hydrogen-bond acceptors (Lipinski definition) is 4. The number of rotatable bonds is 7. The number of likely N-dealkylation sites (N-methyl/N-ethyl adjacent to an activating group) is 1. The molecule has 0 radical (unpaired) electrons. The highest BCUT2D eigenvalue weighted by Gasteiger charge is 2.58. The van der Waals surface area contributed by atoms with Crippen LogP contribution in [0.15, 0.2) is 0 Å². The van der Waals surface area contributed by atoms with E-state index in [1.807, 2.05) is 19.0 Å². The summed E-state index contributed by atoms with van der Waals surface area (Å²) in [7, 11) is 3.98. The van der Waals surface area contributed by atoms with Gasteiger partial charge in [0.05, 0.1) is 12.2 Å². The molecule has 0 heterocycles. The maximum absolute atomic E-state index is 9.88. The van der Waals surface area contributed by atoms with Crippen molar-refractivity contribution >= 4 is 0 Å². The molecule has 4 nitrogen and oxygen atoms in total. The first-order chi connectivity index (χ1) is 8.58. The molecule has 0 amide bonds. The van der Waals surface area contributed by atoms with Crippen molar-refractivity contribution in [1.29, 1.82) is 0 Å². The summed E-state index contributed by atoms with van der Waals surface area (Å²) in [5.74, 6) is 0. The highest BCUT2D eigenvalue weighted by molar-refractivity contribution is 5.12. The van der Waals surface area contributed by atoms with Gasteiger partial charge in [0.15, 0.2) is 0 Å². The Morgan fingerprint density at radius 2 is 2.17 bits per heavy atom. The van der Waals surface area contributed by atoms with E-state index in [2.05, 4.69) is 12.2 Å². The minimum atomic E-state index is -0.275. The summed E-state index contributed by atoms with van der Waals surface area (Å²) in [5, 5.41) is 13.4. The normalized spacial score (nSPS) is 31.2. The Morgan fingerprint density at radius 3 is 2.67 bits per heavy atom. The smallest absolute Gasteiger partial charge is 0.0791 e. The molecule has 2 aliphatic rings. The maximum atomic E-state index is 9.88. The van der Waals surface area contributed by atoms with Gasteiger partial charge in [-0.15, -0.1) is 0 Å². The monoisotopic (exact) mass is 256 g/mol. The van der Waals surface area contributed by atoms with Crippen molar-refractivity contribution < 1.29 is 9.84 Å². The molecule has 1 spiro atoms. The molecule has 18 heavy (non-hydrogen) atoms. The van der Waals surface area contributed by atoms with Gasteiger partial charge >= 0.3 is 0 Å². The summed E-state index contributed by atoms with van der Waals surface area (Å²) in [6, 6.07) is 0.555. The van der Waals surface area contributed by atoms with Gasteiger partial charge in [-0.2, -0.15) is 0 Å². The molecular weight excluding hydrogens is 228 g/mol. The van der Waals surface area contributed by atoms with Crippen LogP contribution in [-0.2, 0) is 4.74 Å². The molecule has 0 saturated heterocycles. The van der Waals surface area contributed by atoms with E-state index in [4.69, 9.17) is 4.74 Å². The molecule has 2 fully saturated rings. The second-order valence-corrected chi connectivity index (χ2v) is 6.14. The number of ether oxygens (including phenoxy) is 1.